The van der Waals surface area contributed by atoms with E-state index in [1.165, 1.54) is 30.1 Å². The van der Waals surface area contributed by atoms with Gasteiger partial charge >= 0.3 is 0 Å². The summed E-state index contributed by atoms with van der Waals surface area (Å²) in [6, 6.07) is 13.7. The fourth-order valence-corrected chi connectivity index (χ4v) is 3.73. The van der Waals surface area contributed by atoms with Crippen LogP contribution in [-0.4, -0.2) is 20.7 Å². The van der Waals surface area contributed by atoms with E-state index < -0.39 is 0 Å². The van der Waals surface area contributed by atoms with E-state index in [1.54, 1.807) is 0 Å². The number of fused-ring (bicyclic) bond motifs is 1. The highest BCUT2D eigenvalue weighted by Crippen LogP contribution is 2.27. The highest BCUT2D eigenvalue weighted by Gasteiger charge is 2.20. The molecule has 1 amide bonds. The van der Waals surface area contributed by atoms with Gasteiger partial charge in [-0.1, -0.05) is 37.5 Å². The van der Waals surface area contributed by atoms with Crippen molar-refractivity contribution < 1.29 is 4.79 Å². The van der Waals surface area contributed by atoms with Gasteiger partial charge < -0.3 is 5.32 Å². The molecule has 0 saturated heterocycles. The summed E-state index contributed by atoms with van der Waals surface area (Å²) in [5, 5.41) is 17.6. The molecule has 0 bridgehead atoms. The van der Waals surface area contributed by atoms with Gasteiger partial charge in [0, 0.05) is 11.8 Å². The number of hydrogen-bond donors (Lipinski definition) is 1. The Morgan fingerprint density at radius 1 is 1.19 bits per heavy atom. The summed E-state index contributed by atoms with van der Waals surface area (Å²) in [4.78, 5) is 17.2. The Kier molecular flexibility index (Phi) is 4.84. The molecule has 0 radical (unpaired) electrons. The Balaban J connectivity index is 1.61. The van der Waals surface area contributed by atoms with Crippen molar-refractivity contribution in [3.63, 3.8) is 0 Å². The lowest BCUT2D eigenvalue weighted by Gasteiger charge is -2.21. The number of para-hydroxylation sites is 1. The lowest BCUT2D eigenvalue weighted by Crippen LogP contribution is -2.20. The van der Waals surface area contributed by atoms with E-state index in [0.717, 1.165) is 23.7 Å². The monoisotopic (exact) mass is 359 g/mol. The van der Waals surface area contributed by atoms with Gasteiger partial charge in [-0.2, -0.15) is 15.0 Å². The molecular weight excluding hydrogens is 338 g/mol. The highest BCUT2D eigenvalue weighted by atomic mass is 16.1. The van der Waals surface area contributed by atoms with E-state index in [9.17, 15) is 10.1 Å². The van der Waals surface area contributed by atoms with Crippen molar-refractivity contribution in [1.29, 1.82) is 5.26 Å². The number of carbonyl (C=O) groups excluding carboxylic acids is 1. The van der Waals surface area contributed by atoms with Crippen molar-refractivity contribution in [2.45, 2.75) is 38.5 Å². The third-order valence-electron chi connectivity index (χ3n) is 5.15. The van der Waals surface area contributed by atoms with Crippen LogP contribution in [0.4, 0.5) is 5.82 Å². The van der Waals surface area contributed by atoms with Crippen LogP contribution in [0.25, 0.3) is 16.7 Å². The normalized spacial score (nSPS) is 14.8. The minimum atomic E-state index is -0.0686. The quantitative estimate of drug-likeness (QED) is 0.756. The van der Waals surface area contributed by atoms with Gasteiger partial charge in [0.25, 0.3) is 0 Å². The van der Waals surface area contributed by atoms with E-state index in [-0.39, 0.29) is 5.91 Å². The lowest BCUT2D eigenvalue weighted by molar-refractivity contribution is -0.117. The first kappa shape index (κ1) is 17.2. The number of aromatic nitrogens is 3. The van der Waals surface area contributed by atoms with Crippen LogP contribution >= 0.6 is 0 Å². The summed E-state index contributed by atoms with van der Waals surface area (Å²) in [5.41, 5.74) is 1.17. The molecule has 0 spiro atoms. The molecule has 3 aromatic rings. The van der Waals surface area contributed by atoms with Crippen LogP contribution in [0.1, 0.15) is 44.1 Å². The van der Waals surface area contributed by atoms with Crippen molar-refractivity contribution >= 4 is 22.6 Å². The zero-order valence-corrected chi connectivity index (χ0v) is 15.1. The van der Waals surface area contributed by atoms with Gasteiger partial charge in [0.2, 0.25) is 5.91 Å². The molecule has 1 aliphatic rings. The molecule has 1 fully saturated rings. The maximum Gasteiger partial charge on any atom is 0.225 e. The van der Waals surface area contributed by atoms with Crippen molar-refractivity contribution in [1.82, 2.24) is 14.8 Å². The third kappa shape index (κ3) is 3.68. The number of benzene rings is 1. The summed E-state index contributed by atoms with van der Waals surface area (Å²) in [6.07, 6.45) is 7.81. The number of carbonyl (C=O) groups is 1. The molecular formula is C21H21N5O. The van der Waals surface area contributed by atoms with E-state index in [4.69, 9.17) is 0 Å². The van der Waals surface area contributed by atoms with Crippen molar-refractivity contribution in [2.24, 2.45) is 5.92 Å². The number of nitriles is 1. The first-order valence-electron chi connectivity index (χ1n) is 9.39. The number of nitrogens with zero attached hydrogens (tertiary/aromatic N) is 4. The third-order valence-corrected chi connectivity index (χ3v) is 5.15. The van der Waals surface area contributed by atoms with Crippen molar-refractivity contribution in [3.8, 4) is 11.9 Å². The molecule has 0 unspecified atom stereocenters. The SMILES string of the molecule is N#Cc1cnn(-c2ccc3ccccc3n2)c1NC(=O)CC1CCCCC1. The maximum absolute atomic E-state index is 12.6. The number of amides is 1. The molecule has 6 nitrogen and oxygen atoms in total. The van der Waals surface area contributed by atoms with Crippen LogP contribution in [0.5, 0.6) is 0 Å². The van der Waals surface area contributed by atoms with Gasteiger partial charge in [0.1, 0.15) is 11.6 Å². The fourth-order valence-electron chi connectivity index (χ4n) is 3.73. The predicted molar refractivity (Wildman–Crippen MR) is 103 cm³/mol. The minimum Gasteiger partial charge on any atom is -0.309 e. The summed E-state index contributed by atoms with van der Waals surface area (Å²) in [6.45, 7) is 0. The number of nitrogens with one attached hydrogen (secondary N) is 1. The average Bonchev–Trinajstić information content (AvgIpc) is 3.10. The predicted octanol–water partition coefficient (Wildman–Crippen LogP) is 4.20. The zero-order valence-electron chi connectivity index (χ0n) is 15.1. The Hall–Kier alpha value is -3.20. The van der Waals surface area contributed by atoms with E-state index >= 15 is 0 Å². The van der Waals surface area contributed by atoms with Gasteiger partial charge in [-0.25, -0.2) is 4.98 Å². The second kappa shape index (κ2) is 7.58. The summed E-state index contributed by atoms with van der Waals surface area (Å²) in [5.74, 6) is 1.32. The van der Waals surface area contributed by atoms with Gasteiger partial charge in [-0.05, 0) is 37.0 Å². The molecule has 2 heterocycles. The van der Waals surface area contributed by atoms with Crippen LogP contribution in [0.15, 0.2) is 42.6 Å². The van der Waals surface area contributed by atoms with Gasteiger partial charge in [-0.3, -0.25) is 4.79 Å². The van der Waals surface area contributed by atoms with Crippen LogP contribution in [0.2, 0.25) is 0 Å². The van der Waals surface area contributed by atoms with Crippen LogP contribution < -0.4 is 5.32 Å². The molecule has 136 valence electrons. The van der Waals surface area contributed by atoms with Crippen LogP contribution in [-0.2, 0) is 4.79 Å². The molecule has 1 N–H and O–H groups in total. The molecule has 1 aromatic carbocycles. The van der Waals surface area contributed by atoms with Crippen molar-refractivity contribution in [2.75, 3.05) is 5.32 Å². The Morgan fingerprint density at radius 2 is 2.00 bits per heavy atom. The molecule has 2 aromatic heterocycles. The van der Waals surface area contributed by atoms with Crippen molar-refractivity contribution in [3.05, 3.63) is 48.2 Å². The Labute approximate surface area is 157 Å². The molecule has 6 heteroatoms. The second-order valence-corrected chi connectivity index (χ2v) is 7.05. The summed E-state index contributed by atoms with van der Waals surface area (Å²) < 4.78 is 1.53. The van der Waals surface area contributed by atoms with Crippen LogP contribution in [0.3, 0.4) is 0 Å². The molecule has 27 heavy (non-hydrogen) atoms. The molecule has 1 aliphatic carbocycles. The first-order chi connectivity index (χ1) is 13.2. The number of hydrogen-bond acceptors (Lipinski definition) is 4. The van der Waals surface area contributed by atoms with Gasteiger partial charge in [-0.15, -0.1) is 0 Å². The smallest absolute Gasteiger partial charge is 0.225 e. The molecule has 4 rings (SSSR count). The first-order valence-corrected chi connectivity index (χ1v) is 9.39. The van der Waals surface area contributed by atoms with E-state index in [2.05, 4.69) is 21.5 Å². The largest absolute Gasteiger partial charge is 0.309 e. The van der Waals surface area contributed by atoms with E-state index in [1.807, 2.05) is 36.4 Å². The Bertz CT molecular complexity index is 1010. The number of pyridine rings is 1. The fraction of sp³-hybridized carbons (Fsp3) is 0.333. The number of rotatable bonds is 4. The topological polar surface area (TPSA) is 83.6 Å². The molecule has 0 atom stereocenters. The second-order valence-electron chi connectivity index (χ2n) is 7.05. The average molecular weight is 359 g/mol. The lowest BCUT2D eigenvalue weighted by atomic mass is 9.87. The summed E-state index contributed by atoms with van der Waals surface area (Å²) in [7, 11) is 0. The highest BCUT2D eigenvalue weighted by molar-refractivity contribution is 5.91. The summed E-state index contributed by atoms with van der Waals surface area (Å²) >= 11 is 0. The van der Waals surface area contributed by atoms with E-state index in [0.29, 0.717) is 29.5 Å². The molecule has 0 aliphatic heterocycles. The Morgan fingerprint density at radius 3 is 2.81 bits per heavy atom. The van der Waals surface area contributed by atoms with Gasteiger partial charge in [0.05, 0.1) is 11.7 Å². The number of anilines is 1. The standard InChI is InChI=1S/C21H21N5O/c22-13-17-14-23-26(19-11-10-16-8-4-5-9-18(16)24-19)21(17)25-20(27)12-15-6-2-1-3-7-15/h4-5,8-11,14-15H,1-3,6-7,12H2,(H,25,27). The maximum atomic E-state index is 12.6. The van der Waals surface area contributed by atoms with Crippen LogP contribution in [0, 0.1) is 17.2 Å². The molecule has 1 saturated carbocycles. The minimum absolute atomic E-state index is 0.0686. The zero-order chi connectivity index (χ0) is 18.6. The van der Waals surface area contributed by atoms with Gasteiger partial charge in [0.15, 0.2) is 11.6 Å².